The van der Waals surface area contributed by atoms with Crippen LogP contribution < -0.4 is 14.8 Å². The molecular weight excluding hydrogens is 300 g/mol. The number of benzene rings is 1. The van der Waals surface area contributed by atoms with E-state index >= 15 is 0 Å². The van der Waals surface area contributed by atoms with Crippen molar-refractivity contribution in [1.82, 2.24) is 10.2 Å². The first kappa shape index (κ1) is 16.8. The summed E-state index contributed by atoms with van der Waals surface area (Å²) < 4.78 is 15.9. The molecule has 0 amide bonds. The number of hydrogen-bond acceptors (Lipinski definition) is 4. The Bertz CT molecular complexity index is 536. The molecule has 1 aliphatic heterocycles. The zero-order valence-corrected chi connectivity index (χ0v) is 14.5. The molecule has 1 aromatic carbocycles. The number of hydrogen-bond donors (Lipinski definition) is 1. The number of ether oxygens (including phenoxy) is 3. The molecule has 1 heterocycles. The van der Waals surface area contributed by atoms with Gasteiger partial charge >= 0.3 is 0 Å². The number of fused-ring (bicyclic) bond motifs is 1. The Kier molecular flexibility index (Phi) is 5.85. The van der Waals surface area contributed by atoms with E-state index in [2.05, 4.69) is 23.2 Å². The van der Waals surface area contributed by atoms with Crippen molar-refractivity contribution in [3.8, 4) is 11.5 Å². The third kappa shape index (κ3) is 3.81. The van der Waals surface area contributed by atoms with Crippen LogP contribution in [0.4, 0.5) is 0 Å². The standard InChI is InChI=1S/C16H24N2O3S/c1-11(10-19-2)17-16(22)18-6-5-12-7-14(20-3)15(21-4)8-13(12)9-18/h7-8,11H,5-6,9-10H2,1-4H3,(H,17,22). The Hall–Kier alpha value is -1.53. The van der Waals surface area contributed by atoms with E-state index in [9.17, 15) is 0 Å². The first-order valence-corrected chi connectivity index (χ1v) is 7.78. The number of thiocarbonyl (C=S) groups is 1. The molecule has 0 aromatic heterocycles. The van der Waals surface area contributed by atoms with Crippen molar-refractivity contribution in [3.05, 3.63) is 23.3 Å². The first-order chi connectivity index (χ1) is 10.6. The maximum atomic E-state index is 5.51. The Morgan fingerprint density at radius 1 is 1.23 bits per heavy atom. The van der Waals surface area contributed by atoms with E-state index in [4.69, 9.17) is 26.4 Å². The molecule has 22 heavy (non-hydrogen) atoms. The van der Waals surface area contributed by atoms with Crippen molar-refractivity contribution in [2.24, 2.45) is 0 Å². The molecule has 1 aliphatic rings. The summed E-state index contributed by atoms with van der Waals surface area (Å²) >= 11 is 5.51. The molecule has 5 nitrogen and oxygen atoms in total. The second-order valence-corrected chi connectivity index (χ2v) is 5.84. The van der Waals surface area contributed by atoms with Crippen LogP contribution in [-0.4, -0.2) is 50.5 Å². The zero-order valence-electron chi connectivity index (χ0n) is 13.6. The van der Waals surface area contributed by atoms with E-state index in [0.717, 1.165) is 36.1 Å². The van der Waals surface area contributed by atoms with Gasteiger partial charge in [0.15, 0.2) is 16.6 Å². The number of methoxy groups -OCH3 is 3. The van der Waals surface area contributed by atoms with Gasteiger partial charge in [0.25, 0.3) is 0 Å². The smallest absolute Gasteiger partial charge is 0.169 e. The largest absolute Gasteiger partial charge is 0.493 e. The minimum Gasteiger partial charge on any atom is -0.493 e. The van der Waals surface area contributed by atoms with Gasteiger partial charge in [-0.05, 0) is 48.8 Å². The molecule has 1 N–H and O–H groups in total. The summed E-state index contributed by atoms with van der Waals surface area (Å²) in [6.07, 6.45) is 0.941. The Morgan fingerprint density at radius 3 is 2.45 bits per heavy atom. The number of rotatable bonds is 5. The van der Waals surface area contributed by atoms with E-state index in [1.165, 1.54) is 11.1 Å². The van der Waals surface area contributed by atoms with Crippen molar-refractivity contribution in [3.63, 3.8) is 0 Å². The van der Waals surface area contributed by atoms with Gasteiger partial charge in [-0.1, -0.05) is 0 Å². The lowest BCUT2D eigenvalue weighted by molar-refractivity contribution is 0.177. The zero-order chi connectivity index (χ0) is 16.1. The third-order valence-electron chi connectivity index (χ3n) is 3.79. The summed E-state index contributed by atoms with van der Waals surface area (Å²) in [7, 11) is 5.01. The van der Waals surface area contributed by atoms with Crippen LogP contribution in [0.2, 0.25) is 0 Å². The van der Waals surface area contributed by atoms with Gasteiger partial charge in [-0.3, -0.25) is 0 Å². The second kappa shape index (κ2) is 7.65. The van der Waals surface area contributed by atoms with Gasteiger partial charge in [-0.15, -0.1) is 0 Å². The van der Waals surface area contributed by atoms with Crippen molar-refractivity contribution in [2.45, 2.75) is 25.9 Å². The van der Waals surface area contributed by atoms with E-state index in [0.29, 0.717) is 6.61 Å². The summed E-state index contributed by atoms with van der Waals surface area (Å²) in [5.41, 5.74) is 2.52. The minimum atomic E-state index is 0.198. The maximum Gasteiger partial charge on any atom is 0.169 e. The maximum absolute atomic E-state index is 5.51. The number of nitrogens with one attached hydrogen (secondary N) is 1. The molecule has 0 radical (unpaired) electrons. The predicted octanol–water partition coefficient (Wildman–Crippen LogP) is 1.97. The number of nitrogens with zero attached hydrogens (tertiary/aromatic N) is 1. The second-order valence-electron chi connectivity index (χ2n) is 5.45. The average Bonchev–Trinajstić information content (AvgIpc) is 2.52. The highest BCUT2D eigenvalue weighted by Crippen LogP contribution is 2.33. The summed E-state index contributed by atoms with van der Waals surface area (Å²) in [5, 5.41) is 4.08. The average molecular weight is 324 g/mol. The molecule has 0 fully saturated rings. The fourth-order valence-electron chi connectivity index (χ4n) is 2.65. The predicted molar refractivity (Wildman–Crippen MR) is 90.7 cm³/mol. The van der Waals surface area contributed by atoms with Crippen molar-refractivity contribution in [1.29, 1.82) is 0 Å². The lowest BCUT2D eigenvalue weighted by atomic mass is 9.99. The summed E-state index contributed by atoms with van der Waals surface area (Å²) in [4.78, 5) is 2.18. The van der Waals surface area contributed by atoms with Crippen LogP contribution in [0.3, 0.4) is 0 Å². The van der Waals surface area contributed by atoms with E-state index in [-0.39, 0.29) is 6.04 Å². The quantitative estimate of drug-likeness (QED) is 0.836. The van der Waals surface area contributed by atoms with Crippen molar-refractivity contribution < 1.29 is 14.2 Å². The third-order valence-corrected chi connectivity index (χ3v) is 4.17. The SMILES string of the molecule is COCC(C)NC(=S)N1CCc2cc(OC)c(OC)cc2C1. The molecule has 0 bridgehead atoms. The lowest BCUT2D eigenvalue weighted by Gasteiger charge is -2.32. The van der Waals surface area contributed by atoms with Gasteiger partial charge in [0.2, 0.25) is 0 Å². The normalized spacial score (nSPS) is 15.0. The van der Waals surface area contributed by atoms with Crippen molar-refractivity contribution in [2.75, 3.05) is 34.5 Å². The van der Waals surface area contributed by atoms with Gasteiger partial charge in [-0.25, -0.2) is 0 Å². The van der Waals surface area contributed by atoms with Crippen LogP contribution >= 0.6 is 12.2 Å². The van der Waals surface area contributed by atoms with E-state index < -0.39 is 0 Å². The van der Waals surface area contributed by atoms with Gasteiger partial charge in [-0.2, -0.15) is 0 Å². The molecular formula is C16H24N2O3S. The highest BCUT2D eigenvalue weighted by molar-refractivity contribution is 7.80. The van der Waals surface area contributed by atoms with Crippen molar-refractivity contribution >= 4 is 17.3 Å². The fourth-order valence-corrected chi connectivity index (χ4v) is 3.01. The molecule has 0 aliphatic carbocycles. The van der Waals surface area contributed by atoms with Gasteiger partial charge in [0.05, 0.1) is 20.8 Å². The molecule has 0 saturated heterocycles. The summed E-state index contributed by atoms with van der Waals surface area (Å²) in [6.45, 7) is 4.37. The first-order valence-electron chi connectivity index (χ1n) is 7.37. The molecule has 2 rings (SSSR count). The van der Waals surface area contributed by atoms with Crippen LogP contribution in [0.25, 0.3) is 0 Å². The lowest BCUT2D eigenvalue weighted by Crippen LogP contribution is -2.46. The summed E-state index contributed by atoms with van der Waals surface area (Å²) in [6, 6.07) is 4.31. The Balaban J connectivity index is 2.09. The monoisotopic (exact) mass is 324 g/mol. The molecule has 6 heteroatoms. The molecule has 1 atom stereocenters. The topological polar surface area (TPSA) is 43.0 Å². The van der Waals surface area contributed by atoms with Crippen LogP contribution in [0.15, 0.2) is 12.1 Å². The highest BCUT2D eigenvalue weighted by Gasteiger charge is 2.21. The Labute approximate surface area is 137 Å². The van der Waals surface area contributed by atoms with Crippen LogP contribution in [-0.2, 0) is 17.7 Å². The molecule has 0 saturated carbocycles. The fraction of sp³-hybridized carbons (Fsp3) is 0.562. The van der Waals surface area contributed by atoms with Crippen LogP contribution in [0, 0.1) is 0 Å². The van der Waals surface area contributed by atoms with Crippen LogP contribution in [0.5, 0.6) is 11.5 Å². The van der Waals surface area contributed by atoms with E-state index in [1.807, 2.05) is 6.07 Å². The molecule has 1 aromatic rings. The van der Waals surface area contributed by atoms with Crippen LogP contribution in [0.1, 0.15) is 18.1 Å². The Morgan fingerprint density at radius 2 is 1.86 bits per heavy atom. The van der Waals surface area contributed by atoms with Gasteiger partial charge < -0.3 is 24.4 Å². The van der Waals surface area contributed by atoms with Gasteiger partial charge in [0.1, 0.15) is 0 Å². The molecule has 0 spiro atoms. The summed E-state index contributed by atoms with van der Waals surface area (Å²) in [5.74, 6) is 1.54. The van der Waals surface area contributed by atoms with E-state index in [1.54, 1.807) is 21.3 Å². The van der Waals surface area contributed by atoms with Gasteiger partial charge in [0, 0.05) is 26.2 Å². The minimum absolute atomic E-state index is 0.198. The highest BCUT2D eigenvalue weighted by atomic mass is 32.1. The molecule has 122 valence electrons. The molecule has 1 unspecified atom stereocenters.